The van der Waals surface area contributed by atoms with E-state index in [1.54, 1.807) is 4.90 Å². The molecule has 2 rings (SSSR count). The fourth-order valence-electron chi connectivity index (χ4n) is 2.38. The second-order valence-electron chi connectivity index (χ2n) is 6.20. The Morgan fingerprint density at radius 1 is 1.30 bits per heavy atom. The highest BCUT2D eigenvalue weighted by molar-refractivity contribution is 6.17. The van der Waals surface area contributed by atoms with E-state index in [0.717, 1.165) is 22.5 Å². The van der Waals surface area contributed by atoms with Gasteiger partial charge in [-0.2, -0.15) is 0 Å². The van der Waals surface area contributed by atoms with Gasteiger partial charge in [0.2, 0.25) is 0 Å². The van der Waals surface area contributed by atoms with Crippen LogP contribution in [0.25, 0.3) is 0 Å². The van der Waals surface area contributed by atoms with Gasteiger partial charge in [-0.25, -0.2) is 4.79 Å². The number of carbonyl (C=O) groups is 1. The molecule has 110 valence electrons. The van der Waals surface area contributed by atoms with Crippen LogP contribution in [0.3, 0.4) is 0 Å². The van der Waals surface area contributed by atoms with Crippen molar-refractivity contribution in [3.63, 3.8) is 0 Å². The summed E-state index contributed by atoms with van der Waals surface area (Å²) in [6.07, 6.45) is -0.286. The molecular weight excluding hydrogens is 276 g/mol. The van der Waals surface area contributed by atoms with E-state index in [9.17, 15) is 4.79 Å². The molecule has 2 heterocycles. The largest absolute Gasteiger partial charge is 0.444 e. The van der Waals surface area contributed by atoms with Gasteiger partial charge in [-0.15, -0.1) is 11.6 Å². The van der Waals surface area contributed by atoms with Crippen molar-refractivity contribution in [2.24, 2.45) is 0 Å². The van der Waals surface area contributed by atoms with E-state index in [0.29, 0.717) is 19.0 Å². The molecule has 0 saturated heterocycles. The third-order valence-electron chi connectivity index (χ3n) is 3.49. The molecule has 0 radical (unpaired) electrons. The monoisotopic (exact) mass is 296 g/mol. The minimum absolute atomic E-state index is 0.286. The maximum atomic E-state index is 12.2. The van der Waals surface area contributed by atoms with Crippen LogP contribution in [0.2, 0.25) is 0 Å². The van der Waals surface area contributed by atoms with Crippen LogP contribution in [0.4, 0.5) is 4.79 Å². The molecular formula is C15H21ClN2O2. The van der Waals surface area contributed by atoms with Gasteiger partial charge in [-0.3, -0.25) is 9.88 Å². The van der Waals surface area contributed by atoms with Gasteiger partial charge in [0, 0.05) is 5.69 Å². The Kier molecular flexibility index (Phi) is 3.96. The minimum Gasteiger partial charge on any atom is -0.444 e. The quantitative estimate of drug-likeness (QED) is 0.742. The summed E-state index contributed by atoms with van der Waals surface area (Å²) in [5, 5.41) is 0. The number of alkyl halides is 1. The second kappa shape index (κ2) is 5.24. The third-order valence-corrected chi connectivity index (χ3v) is 3.74. The summed E-state index contributed by atoms with van der Waals surface area (Å²) in [6, 6.07) is 0. The number of ether oxygens (including phenoxy) is 1. The van der Waals surface area contributed by atoms with Crippen LogP contribution in [0.5, 0.6) is 0 Å². The zero-order chi connectivity index (χ0) is 15.1. The Bertz CT molecular complexity index is 550. The van der Waals surface area contributed by atoms with Gasteiger partial charge in [0.1, 0.15) is 5.60 Å². The van der Waals surface area contributed by atoms with Crippen molar-refractivity contribution in [2.45, 2.75) is 59.2 Å². The molecule has 5 heteroatoms. The number of fused-ring (bicyclic) bond motifs is 1. The predicted octanol–water partition coefficient (Wildman–Crippen LogP) is 3.69. The summed E-state index contributed by atoms with van der Waals surface area (Å²) >= 11 is 5.97. The van der Waals surface area contributed by atoms with Crippen molar-refractivity contribution in [3.05, 3.63) is 28.1 Å². The molecule has 0 fully saturated rings. The Morgan fingerprint density at radius 3 is 2.45 bits per heavy atom. The van der Waals surface area contributed by atoms with E-state index in [4.69, 9.17) is 16.3 Å². The van der Waals surface area contributed by atoms with Gasteiger partial charge in [0.25, 0.3) is 0 Å². The normalized spacial score (nSPS) is 14.4. The van der Waals surface area contributed by atoms with Gasteiger partial charge in [0.15, 0.2) is 0 Å². The smallest absolute Gasteiger partial charge is 0.410 e. The molecule has 1 amide bonds. The maximum Gasteiger partial charge on any atom is 0.410 e. The summed E-state index contributed by atoms with van der Waals surface area (Å²) in [7, 11) is 0. The predicted molar refractivity (Wildman–Crippen MR) is 78.7 cm³/mol. The zero-order valence-corrected chi connectivity index (χ0v) is 13.5. The number of pyridine rings is 1. The number of hydrogen-bond acceptors (Lipinski definition) is 3. The van der Waals surface area contributed by atoms with Crippen molar-refractivity contribution in [1.29, 1.82) is 0 Å². The minimum atomic E-state index is -0.482. The summed E-state index contributed by atoms with van der Waals surface area (Å²) in [6.45, 7) is 10.7. The number of carbonyl (C=O) groups excluding carboxylic acids is 1. The van der Waals surface area contributed by atoms with E-state index in [-0.39, 0.29) is 6.09 Å². The Balaban J connectivity index is 2.27. The molecule has 0 aliphatic carbocycles. The lowest BCUT2D eigenvalue weighted by molar-refractivity contribution is 0.0241. The summed E-state index contributed by atoms with van der Waals surface area (Å²) in [5.41, 5.74) is 4.75. The Morgan fingerprint density at radius 2 is 1.90 bits per heavy atom. The van der Waals surface area contributed by atoms with E-state index >= 15 is 0 Å². The van der Waals surface area contributed by atoms with Crippen molar-refractivity contribution in [2.75, 3.05) is 0 Å². The summed E-state index contributed by atoms with van der Waals surface area (Å²) in [4.78, 5) is 18.4. The third kappa shape index (κ3) is 2.90. The lowest BCUT2D eigenvalue weighted by Gasteiger charge is -2.24. The van der Waals surface area contributed by atoms with Gasteiger partial charge in [0.05, 0.1) is 24.7 Å². The fourth-order valence-corrected chi connectivity index (χ4v) is 2.60. The molecule has 1 aliphatic rings. The molecule has 0 saturated carbocycles. The highest BCUT2D eigenvalue weighted by atomic mass is 35.5. The molecule has 20 heavy (non-hydrogen) atoms. The molecule has 0 spiro atoms. The Labute approximate surface area is 125 Å². The Hall–Kier alpha value is -1.29. The number of aromatic nitrogens is 1. The topological polar surface area (TPSA) is 42.4 Å². The standard InChI is InChI=1S/C15H21ClN2O2/c1-9-10(2)17-13(6-16)12-8-18(7-11(9)12)14(19)20-15(3,4)5/h6-8H2,1-5H3. The van der Waals surface area contributed by atoms with Gasteiger partial charge >= 0.3 is 6.09 Å². The van der Waals surface area contributed by atoms with Crippen LogP contribution in [0.15, 0.2) is 0 Å². The SMILES string of the molecule is Cc1nc(CCl)c2c(c1C)CN(C(=O)OC(C)(C)C)C2. The number of halogens is 1. The van der Waals surface area contributed by atoms with Crippen molar-refractivity contribution >= 4 is 17.7 Å². The van der Waals surface area contributed by atoms with E-state index in [1.807, 2.05) is 34.6 Å². The van der Waals surface area contributed by atoms with Gasteiger partial charge in [-0.1, -0.05) is 0 Å². The van der Waals surface area contributed by atoms with Crippen LogP contribution in [0.1, 0.15) is 48.8 Å². The summed E-state index contributed by atoms with van der Waals surface area (Å²) < 4.78 is 5.43. The number of hydrogen-bond donors (Lipinski definition) is 0. The second-order valence-corrected chi connectivity index (χ2v) is 6.46. The van der Waals surface area contributed by atoms with Crippen molar-refractivity contribution in [3.8, 4) is 0 Å². The van der Waals surface area contributed by atoms with E-state index in [1.165, 1.54) is 5.56 Å². The summed E-state index contributed by atoms with van der Waals surface area (Å²) in [5.74, 6) is 0.367. The number of rotatable bonds is 1. The lowest BCUT2D eigenvalue weighted by Crippen LogP contribution is -2.33. The molecule has 0 atom stereocenters. The van der Waals surface area contributed by atoms with Gasteiger partial charge in [-0.05, 0) is 51.3 Å². The molecule has 1 aromatic rings. The van der Waals surface area contributed by atoms with Crippen molar-refractivity contribution in [1.82, 2.24) is 9.88 Å². The van der Waals surface area contributed by atoms with E-state index in [2.05, 4.69) is 4.98 Å². The number of nitrogens with zero attached hydrogens (tertiary/aromatic N) is 2. The molecule has 0 bridgehead atoms. The first kappa shape index (κ1) is 15.1. The first-order chi connectivity index (χ1) is 9.23. The van der Waals surface area contributed by atoms with Crippen LogP contribution >= 0.6 is 11.6 Å². The average Bonchev–Trinajstić information content (AvgIpc) is 2.77. The lowest BCUT2D eigenvalue weighted by atomic mass is 10.0. The van der Waals surface area contributed by atoms with Crippen LogP contribution in [0, 0.1) is 13.8 Å². The van der Waals surface area contributed by atoms with Crippen LogP contribution in [-0.2, 0) is 23.7 Å². The van der Waals surface area contributed by atoms with Crippen LogP contribution < -0.4 is 0 Å². The fraction of sp³-hybridized carbons (Fsp3) is 0.600. The number of amides is 1. The molecule has 0 unspecified atom stereocenters. The molecule has 4 nitrogen and oxygen atoms in total. The zero-order valence-electron chi connectivity index (χ0n) is 12.7. The maximum absolute atomic E-state index is 12.2. The van der Waals surface area contributed by atoms with E-state index < -0.39 is 5.60 Å². The molecule has 1 aromatic heterocycles. The first-order valence-corrected chi connectivity index (χ1v) is 7.28. The van der Waals surface area contributed by atoms with Crippen molar-refractivity contribution < 1.29 is 9.53 Å². The number of aryl methyl sites for hydroxylation is 1. The molecule has 0 aromatic carbocycles. The van der Waals surface area contributed by atoms with Crippen LogP contribution in [-0.4, -0.2) is 21.6 Å². The highest BCUT2D eigenvalue weighted by Gasteiger charge is 2.31. The highest BCUT2D eigenvalue weighted by Crippen LogP contribution is 2.31. The molecule has 0 N–H and O–H groups in total. The first-order valence-electron chi connectivity index (χ1n) is 6.74. The average molecular weight is 297 g/mol. The molecule has 1 aliphatic heterocycles. The van der Waals surface area contributed by atoms with Gasteiger partial charge < -0.3 is 4.74 Å².